The summed E-state index contributed by atoms with van der Waals surface area (Å²) >= 11 is 1.30. The maximum Gasteiger partial charge on any atom is 0.343 e. The number of carbonyl (C=O) groups excluding carboxylic acids is 2. The molecule has 2 aromatic carbocycles. The zero-order valence-corrected chi connectivity index (χ0v) is 18.3. The van der Waals surface area contributed by atoms with Crippen molar-refractivity contribution in [2.45, 2.75) is 19.8 Å². The Bertz CT molecular complexity index is 1040. The van der Waals surface area contributed by atoms with E-state index in [-0.39, 0.29) is 12.5 Å². The second-order valence-corrected chi connectivity index (χ2v) is 7.76. The minimum atomic E-state index is -0.453. The Morgan fingerprint density at radius 1 is 1.23 bits per heavy atom. The van der Waals surface area contributed by atoms with Crippen molar-refractivity contribution in [3.63, 3.8) is 0 Å². The monoisotopic (exact) mass is 436 g/mol. The first-order valence-corrected chi connectivity index (χ1v) is 10.7. The van der Waals surface area contributed by atoms with Crippen LogP contribution >= 0.6 is 11.8 Å². The molecule has 0 bridgehead atoms. The lowest BCUT2D eigenvalue weighted by molar-refractivity contribution is -0.142. The van der Waals surface area contributed by atoms with E-state index in [1.165, 1.54) is 24.4 Å². The van der Waals surface area contributed by atoms with E-state index in [1.807, 2.05) is 36.4 Å². The molecule has 1 aliphatic rings. The standard InChI is InChI=1S/C24H24N2O4S/c1-4-6-18-13-17(9-12-20(18)30-15-22(27)29-3)14-21-23(28)26-24(31-21)25-19-10-7-16(5-2)8-11-19/h4,7-14H,1,5-6,15H2,2-3H3,(H,25,26,28)/b21-14-. The number of hydrogen-bond donors (Lipinski definition) is 1. The quantitative estimate of drug-likeness (QED) is 0.377. The molecule has 1 saturated heterocycles. The summed E-state index contributed by atoms with van der Waals surface area (Å²) in [5.74, 6) is -0.0649. The molecule has 160 valence electrons. The van der Waals surface area contributed by atoms with E-state index >= 15 is 0 Å². The SMILES string of the molecule is C=CCc1cc(/C=C2\SC(=Nc3ccc(CC)cc3)NC2=O)ccc1OCC(=O)OC. The first-order chi connectivity index (χ1) is 15.0. The molecule has 1 N–H and O–H groups in total. The number of thioether (sulfide) groups is 1. The number of rotatable bonds is 8. The number of carbonyl (C=O) groups is 2. The van der Waals surface area contributed by atoms with Crippen LogP contribution in [0.15, 0.2) is 65.0 Å². The van der Waals surface area contributed by atoms with E-state index in [1.54, 1.807) is 18.2 Å². The van der Waals surface area contributed by atoms with E-state index in [0.29, 0.717) is 22.2 Å². The third-order valence-electron chi connectivity index (χ3n) is 4.55. The van der Waals surface area contributed by atoms with Crippen LogP contribution in [0.3, 0.4) is 0 Å². The summed E-state index contributed by atoms with van der Waals surface area (Å²) in [5.41, 5.74) is 3.73. The highest BCUT2D eigenvalue weighted by atomic mass is 32.2. The van der Waals surface area contributed by atoms with E-state index < -0.39 is 5.97 Å². The second-order valence-electron chi connectivity index (χ2n) is 6.73. The summed E-state index contributed by atoms with van der Waals surface area (Å²) in [4.78, 5) is 28.8. The summed E-state index contributed by atoms with van der Waals surface area (Å²) in [5, 5.41) is 3.35. The van der Waals surface area contributed by atoms with Gasteiger partial charge in [-0.25, -0.2) is 9.79 Å². The molecule has 1 aliphatic heterocycles. The number of allylic oxidation sites excluding steroid dienone is 1. The normalized spacial score (nSPS) is 15.7. The topological polar surface area (TPSA) is 77.0 Å². The van der Waals surface area contributed by atoms with Crippen LogP contribution in [-0.4, -0.2) is 30.8 Å². The fraction of sp³-hybridized carbons (Fsp3) is 0.208. The van der Waals surface area contributed by atoms with E-state index in [2.05, 4.69) is 28.5 Å². The molecule has 0 spiro atoms. The van der Waals surface area contributed by atoms with Gasteiger partial charge in [0.15, 0.2) is 11.8 Å². The fourth-order valence-corrected chi connectivity index (χ4v) is 3.74. The second kappa shape index (κ2) is 10.6. The predicted octanol–water partition coefficient (Wildman–Crippen LogP) is 4.42. The minimum absolute atomic E-state index is 0.168. The van der Waals surface area contributed by atoms with Gasteiger partial charge in [0, 0.05) is 0 Å². The largest absolute Gasteiger partial charge is 0.482 e. The Hall–Kier alpha value is -3.32. The van der Waals surface area contributed by atoms with Gasteiger partial charge in [0.05, 0.1) is 17.7 Å². The Morgan fingerprint density at radius 2 is 2.00 bits per heavy atom. The van der Waals surface area contributed by atoms with Gasteiger partial charge in [-0.05, 0) is 71.6 Å². The number of amidine groups is 1. The van der Waals surface area contributed by atoms with Crippen LogP contribution in [0.5, 0.6) is 5.75 Å². The van der Waals surface area contributed by atoms with Crippen molar-refractivity contribution in [1.82, 2.24) is 5.32 Å². The maximum atomic E-state index is 12.4. The zero-order valence-electron chi connectivity index (χ0n) is 17.5. The van der Waals surface area contributed by atoms with Crippen LogP contribution in [0.4, 0.5) is 5.69 Å². The Balaban J connectivity index is 1.77. The lowest BCUT2D eigenvalue weighted by Gasteiger charge is -2.10. The fourth-order valence-electron chi connectivity index (χ4n) is 2.90. The molecular formula is C24H24N2O4S. The first-order valence-electron chi connectivity index (χ1n) is 9.84. The summed E-state index contributed by atoms with van der Waals surface area (Å²) in [6, 6.07) is 13.5. The number of methoxy groups -OCH3 is 1. The smallest absolute Gasteiger partial charge is 0.343 e. The van der Waals surface area contributed by atoms with Gasteiger partial charge in [-0.1, -0.05) is 31.2 Å². The van der Waals surface area contributed by atoms with Crippen LogP contribution in [0.1, 0.15) is 23.6 Å². The molecule has 0 radical (unpaired) electrons. The van der Waals surface area contributed by atoms with Crippen LogP contribution in [0, 0.1) is 0 Å². The van der Waals surface area contributed by atoms with Crippen molar-refractivity contribution in [3.05, 3.63) is 76.7 Å². The van der Waals surface area contributed by atoms with Crippen molar-refractivity contribution >= 4 is 40.6 Å². The number of nitrogens with zero attached hydrogens (tertiary/aromatic N) is 1. The number of aryl methyl sites for hydroxylation is 1. The lowest BCUT2D eigenvalue weighted by atomic mass is 10.1. The molecule has 6 nitrogen and oxygen atoms in total. The highest BCUT2D eigenvalue weighted by molar-refractivity contribution is 8.18. The van der Waals surface area contributed by atoms with Crippen LogP contribution in [-0.2, 0) is 27.2 Å². The number of nitrogens with one attached hydrogen (secondary N) is 1. The molecular weight excluding hydrogens is 412 g/mol. The number of esters is 1. The molecule has 1 fully saturated rings. The lowest BCUT2D eigenvalue weighted by Crippen LogP contribution is -2.19. The molecule has 0 atom stereocenters. The van der Waals surface area contributed by atoms with Gasteiger partial charge in [0.1, 0.15) is 5.75 Å². The van der Waals surface area contributed by atoms with Gasteiger partial charge in [-0.2, -0.15) is 0 Å². The summed E-state index contributed by atoms with van der Waals surface area (Å²) in [7, 11) is 1.31. The van der Waals surface area contributed by atoms with Gasteiger partial charge in [-0.15, -0.1) is 6.58 Å². The van der Waals surface area contributed by atoms with Crippen molar-refractivity contribution < 1.29 is 19.1 Å². The molecule has 0 saturated carbocycles. The van der Waals surface area contributed by atoms with Crippen molar-refractivity contribution in [2.24, 2.45) is 4.99 Å². The van der Waals surface area contributed by atoms with E-state index in [9.17, 15) is 9.59 Å². The van der Waals surface area contributed by atoms with E-state index in [4.69, 9.17) is 4.74 Å². The molecule has 31 heavy (non-hydrogen) atoms. The molecule has 0 aromatic heterocycles. The maximum absolute atomic E-state index is 12.4. The number of aliphatic imine (C=N–C) groups is 1. The number of hydrogen-bond acceptors (Lipinski definition) is 6. The van der Waals surface area contributed by atoms with Gasteiger partial charge >= 0.3 is 5.97 Å². The third kappa shape index (κ3) is 6.08. The molecule has 2 aromatic rings. The summed E-state index contributed by atoms with van der Waals surface area (Å²) in [6.45, 7) is 5.70. The summed E-state index contributed by atoms with van der Waals surface area (Å²) in [6.07, 6.45) is 5.09. The van der Waals surface area contributed by atoms with Crippen molar-refractivity contribution in [2.75, 3.05) is 13.7 Å². The van der Waals surface area contributed by atoms with Crippen LogP contribution in [0.25, 0.3) is 6.08 Å². The van der Waals surface area contributed by atoms with E-state index in [0.717, 1.165) is 23.2 Å². The number of ether oxygens (including phenoxy) is 2. The number of amides is 1. The first kappa shape index (κ1) is 22.4. The van der Waals surface area contributed by atoms with Gasteiger partial charge in [-0.3, -0.25) is 4.79 Å². The Labute approximate surface area is 186 Å². The third-order valence-corrected chi connectivity index (χ3v) is 5.46. The molecule has 0 aliphatic carbocycles. The van der Waals surface area contributed by atoms with Crippen molar-refractivity contribution in [3.8, 4) is 5.75 Å². The van der Waals surface area contributed by atoms with Gasteiger partial charge < -0.3 is 14.8 Å². The zero-order chi connectivity index (χ0) is 22.2. The highest BCUT2D eigenvalue weighted by Gasteiger charge is 2.24. The number of benzene rings is 2. The average Bonchev–Trinajstić information content (AvgIpc) is 3.12. The molecule has 0 unspecified atom stereocenters. The van der Waals surface area contributed by atoms with Crippen molar-refractivity contribution in [1.29, 1.82) is 0 Å². The average molecular weight is 437 g/mol. The molecule has 1 amide bonds. The predicted molar refractivity (Wildman–Crippen MR) is 124 cm³/mol. The Kier molecular flexibility index (Phi) is 7.67. The Morgan fingerprint density at radius 3 is 2.68 bits per heavy atom. The summed E-state index contributed by atoms with van der Waals surface area (Å²) < 4.78 is 10.1. The van der Waals surface area contributed by atoms with Gasteiger partial charge in [0.2, 0.25) is 0 Å². The molecule has 7 heteroatoms. The highest BCUT2D eigenvalue weighted by Crippen LogP contribution is 2.30. The van der Waals surface area contributed by atoms with Gasteiger partial charge in [0.25, 0.3) is 5.91 Å². The molecule has 1 heterocycles. The van der Waals surface area contributed by atoms with Crippen LogP contribution < -0.4 is 10.1 Å². The minimum Gasteiger partial charge on any atom is -0.482 e. The van der Waals surface area contributed by atoms with Crippen LogP contribution in [0.2, 0.25) is 0 Å². The molecule has 3 rings (SSSR count).